The van der Waals surface area contributed by atoms with E-state index < -0.39 is 0 Å². The molecule has 2 aliphatic heterocycles. The third-order valence-corrected chi connectivity index (χ3v) is 2.73. The number of nitrogens with one attached hydrogen (secondary N) is 1. The molecule has 2 fully saturated rings. The number of hydrogen-bond donors (Lipinski definition) is 1. The molecule has 2 nitrogen and oxygen atoms in total. The van der Waals surface area contributed by atoms with E-state index in [1.165, 1.54) is 32.5 Å². The van der Waals surface area contributed by atoms with Gasteiger partial charge < -0.3 is 5.32 Å². The summed E-state index contributed by atoms with van der Waals surface area (Å²) >= 11 is 0. The maximum absolute atomic E-state index is 3.48. The first kappa shape index (κ1) is 6.62. The average Bonchev–Trinajstić information content (AvgIpc) is 2.10. The van der Waals surface area contributed by atoms with Crippen LogP contribution in [0.1, 0.15) is 19.8 Å². The maximum Gasteiger partial charge on any atom is 0.0235 e. The van der Waals surface area contributed by atoms with E-state index >= 15 is 0 Å². The Morgan fingerprint density at radius 3 is 2.60 bits per heavy atom. The molecular formula is C8H16N2. The van der Waals surface area contributed by atoms with Crippen LogP contribution in [0.15, 0.2) is 0 Å². The highest BCUT2D eigenvalue weighted by molar-refractivity contribution is 4.88. The van der Waals surface area contributed by atoms with Crippen LogP contribution in [0.5, 0.6) is 0 Å². The first-order valence-electron chi connectivity index (χ1n) is 4.33. The summed E-state index contributed by atoms with van der Waals surface area (Å²) in [4.78, 5) is 2.59. The third-order valence-electron chi connectivity index (χ3n) is 2.73. The summed E-state index contributed by atoms with van der Waals surface area (Å²) in [6.45, 7) is 6.19. The summed E-state index contributed by atoms with van der Waals surface area (Å²) < 4.78 is 0. The van der Waals surface area contributed by atoms with Gasteiger partial charge in [0.15, 0.2) is 0 Å². The standard InChI is InChI=1S/C8H16N2/c1-7-5-8(6-9-7)10-3-2-4-10/h7-9H,2-6H2,1H3/t7-,8-/m1/s1. The largest absolute Gasteiger partial charge is 0.313 e. The predicted octanol–water partition coefficient (Wildman–Crippen LogP) is 0.442. The summed E-state index contributed by atoms with van der Waals surface area (Å²) in [6, 6.07) is 1.62. The number of likely N-dealkylation sites (tertiary alicyclic amines) is 1. The molecule has 0 spiro atoms. The summed E-state index contributed by atoms with van der Waals surface area (Å²) in [6.07, 6.45) is 2.78. The van der Waals surface area contributed by atoms with E-state index in [1.807, 2.05) is 0 Å². The molecular weight excluding hydrogens is 124 g/mol. The molecule has 0 amide bonds. The van der Waals surface area contributed by atoms with E-state index in [0.29, 0.717) is 0 Å². The third kappa shape index (κ3) is 1.06. The Hall–Kier alpha value is -0.0800. The van der Waals surface area contributed by atoms with Crippen LogP contribution in [0.25, 0.3) is 0 Å². The number of hydrogen-bond acceptors (Lipinski definition) is 2. The lowest BCUT2D eigenvalue weighted by molar-refractivity contribution is 0.127. The van der Waals surface area contributed by atoms with E-state index in [-0.39, 0.29) is 0 Å². The molecule has 0 unspecified atom stereocenters. The Bertz CT molecular complexity index is 120. The highest BCUT2D eigenvalue weighted by atomic mass is 15.2. The van der Waals surface area contributed by atoms with Crippen LogP contribution in [0, 0.1) is 0 Å². The SMILES string of the molecule is C[C@@H]1C[C@@H](N2CCC2)CN1. The second-order valence-electron chi connectivity index (χ2n) is 3.59. The molecule has 1 N–H and O–H groups in total. The molecule has 0 aromatic heterocycles. The smallest absolute Gasteiger partial charge is 0.0235 e. The molecule has 0 bridgehead atoms. The van der Waals surface area contributed by atoms with Crippen molar-refractivity contribution in [3.05, 3.63) is 0 Å². The Morgan fingerprint density at radius 2 is 2.20 bits per heavy atom. The van der Waals surface area contributed by atoms with Crippen LogP contribution >= 0.6 is 0 Å². The van der Waals surface area contributed by atoms with Crippen LogP contribution in [0.3, 0.4) is 0 Å². The molecule has 2 heterocycles. The summed E-state index contributed by atoms with van der Waals surface area (Å²) in [5.74, 6) is 0. The lowest BCUT2D eigenvalue weighted by atomic mass is 10.1. The van der Waals surface area contributed by atoms with Gasteiger partial charge in [0, 0.05) is 18.6 Å². The van der Waals surface area contributed by atoms with Gasteiger partial charge in [-0.2, -0.15) is 0 Å². The van der Waals surface area contributed by atoms with Crippen molar-refractivity contribution in [1.29, 1.82) is 0 Å². The Balaban J connectivity index is 1.82. The maximum atomic E-state index is 3.48. The second kappa shape index (κ2) is 2.51. The van der Waals surface area contributed by atoms with Gasteiger partial charge in [-0.25, -0.2) is 0 Å². The minimum atomic E-state index is 0.755. The highest BCUT2D eigenvalue weighted by Crippen LogP contribution is 2.18. The second-order valence-corrected chi connectivity index (χ2v) is 3.59. The van der Waals surface area contributed by atoms with Crippen LogP contribution in [0.2, 0.25) is 0 Å². The van der Waals surface area contributed by atoms with Gasteiger partial charge >= 0.3 is 0 Å². The highest BCUT2D eigenvalue weighted by Gasteiger charge is 2.29. The number of rotatable bonds is 1. The molecule has 0 aromatic rings. The molecule has 10 heavy (non-hydrogen) atoms. The van der Waals surface area contributed by atoms with Crippen molar-refractivity contribution in [2.45, 2.75) is 31.8 Å². The first-order valence-corrected chi connectivity index (χ1v) is 4.33. The van der Waals surface area contributed by atoms with Crippen LogP contribution < -0.4 is 5.32 Å². The minimum absolute atomic E-state index is 0.755. The number of nitrogens with zero attached hydrogens (tertiary/aromatic N) is 1. The zero-order valence-electron chi connectivity index (χ0n) is 6.64. The zero-order chi connectivity index (χ0) is 6.97. The molecule has 2 rings (SSSR count). The van der Waals surface area contributed by atoms with Gasteiger partial charge in [0.1, 0.15) is 0 Å². The van der Waals surface area contributed by atoms with E-state index in [0.717, 1.165) is 12.1 Å². The van der Waals surface area contributed by atoms with E-state index in [1.54, 1.807) is 0 Å². The fourth-order valence-electron chi connectivity index (χ4n) is 1.90. The molecule has 0 aliphatic carbocycles. The van der Waals surface area contributed by atoms with Crippen molar-refractivity contribution in [2.75, 3.05) is 19.6 Å². The van der Waals surface area contributed by atoms with Gasteiger partial charge in [-0.3, -0.25) is 4.90 Å². The van der Waals surface area contributed by atoms with Crippen molar-refractivity contribution in [3.63, 3.8) is 0 Å². The molecule has 2 atom stereocenters. The average molecular weight is 140 g/mol. The van der Waals surface area contributed by atoms with Gasteiger partial charge in [0.2, 0.25) is 0 Å². The molecule has 2 aliphatic rings. The molecule has 2 heteroatoms. The normalized spacial score (nSPS) is 41.7. The van der Waals surface area contributed by atoms with Crippen LogP contribution in [0.4, 0.5) is 0 Å². The summed E-state index contributed by atoms with van der Waals surface area (Å²) in [7, 11) is 0. The summed E-state index contributed by atoms with van der Waals surface area (Å²) in [5.41, 5.74) is 0. The lowest BCUT2D eigenvalue weighted by Gasteiger charge is -2.35. The monoisotopic (exact) mass is 140 g/mol. The van der Waals surface area contributed by atoms with E-state index in [4.69, 9.17) is 0 Å². The van der Waals surface area contributed by atoms with E-state index in [2.05, 4.69) is 17.1 Å². The van der Waals surface area contributed by atoms with Crippen LogP contribution in [-0.2, 0) is 0 Å². The van der Waals surface area contributed by atoms with Gasteiger partial charge in [0.25, 0.3) is 0 Å². The van der Waals surface area contributed by atoms with Gasteiger partial charge in [0.05, 0.1) is 0 Å². The fraction of sp³-hybridized carbons (Fsp3) is 1.00. The molecule has 0 aromatic carbocycles. The molecule has 0 saturated carbocycles. The van der Waals surface area contributed by atoms with Crippen molar-refractivity contribution in [1.82, 2.24) is 10.2 Å². The fourth-order valence-corrected chi connectivity index (χ4v) is 1.90. The molecule has 58 valence electrons. The molecule has 2 saturated heterocycles. The van der Waals surface area contributed by atoms with Crippen molar-refractivity contribution in [2.24, 2.45) is 0 Å². The predicted molar refractivity (Wildman–Crippen MR) is 42.1 cm³/mol. The first-order chi connectivity index (χ1) is 4.86. The van der Waals surface area contributed by atoms with Crippen molar-refractivity contribution >= 4 is 0 Å². The molecule has 0 radical (unpaired) electrons. The van der Waals surface area contributed by atoms with Crippen molar-refractivity contribution < 1.29 is 0 Å². The van der Waals surface area contributed by atoms with Gasteiger partial charge in [-0.15, -0.1) is 0 Å². The Labute approximate surface area is 62.6 Å². The topological polar surface area (TPSA) is 15.3 Å². The lowest BCUT2D eigenvalue weighted by Crippen LogP contribution is -2.45. The van der Waals surface area contributed by atoms with Gasteiger partial charge in [-0.1, -0.05) is 0 Å². The quantitative estimate of drug-likeness (QED) is 0.568. The summed E-state index contributed by atoms with van der Waals surface area (Å²) in [5, 5.41) is 3.48. The Kier molecular flexibility index (Phi) is 1.66. The van der Waals surface area contributed by atoms with E-state index in [9.17, 15) is 0 Å². The zero-order valence-corrected chi connectivity index (χ0v) is 6.64. The minimum Gasteiger partial charge on any atom is -0.313 e. The van der Waals surface area contributed by atoms with Crippen LogP contribution in [-0.4, -0.2) is 36.6 Å². The van der Waals surface area contributed by atoms with Gasteiger partial charge in [-0.05, 0) is 32.9 Å². The van der Waals surface area contributed by atoms with Crippen molar-refractivity contribution in [3.8, 4) is 0 Å². The Morgan fingerprint density at radius 1 is 1.40 bits per heavy atom.